The van der Waals surface area contributed by atoms with Gasteiger partial charge in [-0.15, -0.1) is 0 Å². The van der Waals surface area contributed by atoms with Gasteiger partial charge in [-0.25, -0.2) is 4.39 Å². The van der Waals surface area contributed by atoms with Crippen molar-refractivity contribution < 1.29 is 9.13 Å². The van der Waals surface area contributed by atoms with Crippen LogP contribution in [0.2, 0.25) is 5.02 Å². The highest BCUT2D eigenvalue weighted by Gasteiger charge is 2.26. The number of hydrogen-bond donors (Lipinski definition) is 1. The molecule has 1 aromatic carbocycles. The highest BCUT2D eigenvalue weighted by atomic mass is 35.5. The molecule has 1 aliphatic heterocycles. The number of nitrogens with one attached hydrogen (secondary N) is 1. The molecule has 0 bridgehead atoms. The van der Waals surface area contributed by atoms with Crippen molar-refractivity contribution >= 4 is 11.6 Å². The van der Waals surface area contributed by atoms with Crippen LogP contribution < -0.4 is 5.32 Å². The minimum atomic E-state index is -0.137. The third kappa shape index (κ3) is 4.68. The molecule has 3 rings (SSSR count). The molecule has 2 fully saturated rings. The lowest BCUT2D eigenvalue weighted by molar-refractivity contribution is 0.0775. The Labute approximate surface area is 143 Å². The predicted octanol–water partition coefficient (Wildman–Crippen LogP) is 4.91. The van der Waals surface area contributed by atoms with E-state index < -0.39 is 0 Å². The highest BCUT2D eigenvalue weighted by Crippen LogP contribution is 2.40. The molecule has 1 saturated carbocycles. The Kier molecular flexibility index (Phi) is 6.32. The van der Waals surface area contributed by atoms with E-state index in [-0.39, 0.29) is 5.82 Å². The third-order valence-electron chi connectivity index (χ3n) is 5.46. The molecular formula is C19H27ClFNO. The van der Waals surface area contributed by atoms with E-state index >= 15 is 0 Å². The van der Waals surface area contributed by atoms with E-state index in [2.05, 4.69) is 5.32 Å². The van der Waals surface area contributed by atoms with Gasteiger partial charge in [0.2, 0.25) is 0 Å². The fourth-order valence-electron chi connectivity index (χ4n) is 4.03. The van der Waals surface area contributed by atoms with Crippen LogP contribution in [0.1, 0.15) is 56.4 Å². The molecule has 1 N–H and O–H groups in total. The van der Waals surface area contributed by atoms with Crippen LogP contribution in [0.25, 0.3) is 0 Å². The van der Waals surface area contributed by atoms with Crippen LogP contribution in [-0.4, -0.2) is 25.8 Å². The monoisotopic (exact) mass is 339 g/mol. The summed E-state index contributed by atoms with van der Waals surface area (Å²) >= 11 is 6.21. The van der Waals surface area contributed by atoms with Crippen molar-refractivity contribution in [2.45, 2.75) is 56.9 Å². The second-order valence-electron chi connectivity index (χ2n) is 6.98. The fourth-order valence-corrected chi connectivity index (χ4v) is 4.35. The molecule has 0 radical (unpaired) electrons. The molecule has 1 aromatic rings. The molecule has 0 amide bonds. The van der Waals surface area contributed by atoms with Gasteiger partial charge in [-0.3, -0.25) is 0 Å². The molecule has 0 unspecified atom stereocenters. The maximum absolute atomic E-state index is 14.0. The average Bonchev–Trinajstić information content (AvgIpc) is 2.57. The predicted molar refractivity (Wildman–Crippen MR) is 92.6 cm³/mol. The van der Waals surface area contributed by atoms with Crippen LogP contribution >= 0.6 is 11.6 Å². The molecular weight excluding hydrogens is 313 g/mol. The summed E-state index contributed by atoms with van der Waals surface area (Å²) in [6.07, 6.45) is 7.99. The topological polar surface area (TPSA) is 21.3 Å². The SMILES string of the molecule is Fc1cccc(Cl)c1[C@H]1CC[C@@H](CCNC2CCOCC2)CC1. The zero-order valence-electron chi connectivity index (χ0n) is 13.7. The summed E-state index contributed by atoms with van der Waals surface area (Å²) in [5.41, 5.74) is 0.743. The number of rotatable bonds is 5. The Morgan fingerprint density at radius 1 is 1.09 bits per heavy atom. The molecule has 1 heterocycles. The second kappa shape index (κ2) is 8.46. The van der Waals surface area contributed by atoms with Gasteiger partial charge in [-0.05, 0) is 75.5 Å². The molecule has 128 valence electrons. The standard InChI is InChI=1S/C19H27ClFNO/c20-17-2-1-3-18(21)19(17)15-6-4-14(5-7-15)8-11-22-16-9-12-23-13-10-16/h1-3,14-16,22H,4-13H2/t14-,15+. The van der Waals surface area contributed by atoms with E-state index in [1.807, 2.05) is 6.07 Å². The Hall–Kier alpha value is -0.640. The van der Waals surface area contributed by atoms with Crippen molar-refractivity contribution in [3.8, 4) is 0 Å². The first-order valence-corrected chi connectivity index (χ1v) is 9.37. The molecule has 1 saturated heterocycles. The molecule has 0 spiro atoms. The van der Waals surface area contributed by atoms with Crippen LogP contribution in [0, 0.1) is 11.7 Å². The van der Waals surface area contributed by atoms with Crippen LogP contribution in [0.15, 0.2) is 18.2 Å². The Balaban J connectivity index is 1.41. The Bertz CT molecular complexity index is 476. The van der Waals surface area contributed by atoms with E-state index in [4.69, 9.17) is 16.3 Å². The van der Waals surface area contributed by atoms with Gasteiger partial charge in [0.15, 0.2) is 0 Å². The van der Waals surface area contributed by atoms with E-state index in [0.29, 0.717) is 17.0 Å². The van der Waals surface area contributed by atoms with E-state index in [0.717, 1.165) is 56.9 Å². The summed E-state index contributed by atoms with van der Waals surface area (Å²) in [7, 11) is 0. The third-order valence-corrected chi connectivity index (χ3v) is 5.79. The fraction of sp³-hybridized carbons (Fsp3) is 0.684. The lowest BCUT2D eigenvalue weighted by Gasteiger charge is -2.30. The minimum absolute atomic E-state index is 0.137. The number of ether oxygens (including phenoxy) is 1. The van der Waals surface area contributed by atoms with Gasteiger partial charge >= 0.3 is 0 Å². The Morgan fingerprint density at radius 3 is 2.52 bits per heavy atom. The molecule has 0 aromatic heterocycles. The van der Waals surface area contributed by atoms with Crippen molar-refractivity contribution in [2.24, 2.45) is 5.92 Å². The van der Waals surface area contributed by atoms with Crippen molar-refractivity contribution in [1.82, 2.24) is 5.32 Å². The van der Waals surface area contributed by atoms with Crippen molar-refractivity contribution in [2.75, 3.05) is 19.8 Å². The molecule has 1 aliphatic carbocycles. The van der Waals surface area contributed by atoms with Crippen LogP contribution in [-0.2, 0) is 4.74 Å². The van der Waals surface area contributed by atoms with Gasteiger partial charge in [-0.1, -0.05) is 17.7 Å². The Morgan fingerprint density at radius 2 is 1.83 bits per heavy atom. The normalized spacial score (nSPS) is 26.3. The first-order valence-electron chi connectivity index (χ1n) is 8.99. The first-order chi connectivity index (χ1) is 11.2. The van der Waals surface area contributed by atoms with Gasteiger partial charge in [-0.2, -0.15) is 0 Å². The van der Waals surface area contributed by atoms with E-state index in [1.54, 1.807) is 6.07 Å². The average molecular weight is 340 g/mol. The summed E-state index contributed by atoms with van der Waals surface area (Å²) in [6, 6.07) is 5.67. The van der Waals surface area contributed by atoms with Gasteiger partial charge < -0.3 is 10.1 Å². The smallest absolute Gasteiger partial charge is 0.128 e. The zero-order chi connectivity index (χ0) is 16.1. The first kappa shape index (κ1) is 17.2. The van der Waals surface area contributed by atoms with E-state index in [1.165, 1.54) is 25.3 Å². The van der Waals surface area contributed by atoms with Gasteiger partial charge in [0.1, 0.15) is 5.82 Å². The van der Waals surface area contributed by atoms with Crippen molar-refractivity contribution in [3.63, 3.8) is 0 Å². The highest BCUT2D eigenvalue weighted by molar-refractivity contribution is 6.31. The lowest BCUT2D eigenvalue weighted by Crippen LogP contribution is -2.36. The van der Waals surface area contributed by atoms with Crippen molar-refractivity contribution in [1.29, 1.82) is 0 Å². The van der Waals surface area contributed by atoms with Crippen LogP contribution in [0.3, 0.4) is 0 Å². The largest absolute Gasteiger partial charge is 0.381 e. The van der Waals surface area contributed by atoms with Crippen molar-refractivity contribution in [3.05, 3.63) is 34.6 Å². The van der Waals surface area contributed by atoms with Gasteiger partial charge in [0.05, 0.1) is 0 Å². The van der Waals surface area contributed by atoms with Gasteiger partial charge in [0, 0.05) is 29.8 Å². The maximum Gasteiger partial charge on any atom is 0.128 e. The maximum atomic E-state index is 14.0. The second-order valence-corrected chi connectivity index (χ2v) is 7.39. The molecule has 23 heavy (non-hydrogen) atoms. The molecule has 0 atom stereocenters. The molecule has 2 nitrogen and oxygen atoms in total. The molecule has 2 aliphatic rings. The number of hydrogen-bond acceptors (Lipinski definition) is 2. The van der Waals surface area contributed by atoms with Gasteiger partial charge in [0.25, 0.3) is 0 Å². The quantitative estimate of drug-likeness (QED) is 0.822. The zero-order valence-corrected chi connectivity index (χ0v) is 14.5. The lowest BCUT2D eigenvalue weighted by atomic mass is 9.77. The van der Waals surface area contributed by atoms with Crippen LogP contribution in [0.4, 0.5) is 4.39 Å². The summed E-state index contributed by atoms with van der Waals surface area (Å²) in [5, 5.41) is 4.26. The minimum Gasteiger partial charge on any atom is -0.381 e. The molecule has 4 heteroatoms. The van der Waals surface area contributed by atoms with E-state index in [9.17, 15) is 4.39 Å². The summed E-state index contributed by atoms with van der Waals surface area (Å²) in [5.74, 6) is 0.926. The summed E-state index contributed by atoms with van der Waals surface area (Å²) < 4.78 is 19.4. The van der Waals surface area contributed by atoms with Crippen LogP contribution in [0.5, 0.6) is 0 Å². The summed E-state index contributed by atoms with van der Waals surface area (Å²) in [6.45, 7) is 2.89. The summed E-state index contributed by atoms with van der Waals surface area (Å²) in [4.78, 5) is 0. The number of benzene rings is 1. The number of halogens is 2.